The van der Waals surface area contributed by atoms with Gasteiger partial charge in [-0.2, -0.15) is 0 Å². The third kappa shape index (κ3) is 2.49. The fourth-order valence-corrected chi connectivity index (χ4v) is 1.88. The summed E-state index contributed by atoms with van der Waals surface area (Å²) in [5, 5.41) is 2.95. The van der Waals surface area contributed by atoms with Crippen molar-refractivity contribution in [2.24, 2.45) is 0 Å². The summed E-state index contributed by atoms with van der Waals surface area (Å²) >= 11 is 0. The molecule has 0 radical (unpaired) electrons. The van der Waals surface area contributed by atoms with E-state index in [2.05, 4.69) is 15.2 Å². The predicted molar refractivity (Wildman–Crippen MR) is 62.0 cm³/mol. The van der Waals surface area contributed by atoms with E-state index in [1.165, 1.54) is 0 Å². The first kappa shape index (κ1) is 10.9. The highest BCUT2D eigenvalue weighted by Crippen LogP contribution is 2.08. The van der Waals surface area contributed by atoms with Crippen LogP contribution in [0.1, 0.15) is 16.9 Å². The molecule has 1 aromatic rings. The van der Waals surface area contributed by atoms with Crippen molar-refractivity contribution in [2.75, 3.05) is 25.9 Å². The SMILES string of the molecule is CN1CCC(NC(=O)c2cc(N)ccn2)C1. The zero-order valence-electron chi connectivity index (χ0n) is 9.31. The summed E-state index contributed by atoms with van der Waals surface area (Å²) in [5.74, 6) is -0.146. The zero-order chi connectivity index (χ0) is 11.5. The second kappa shape index (κ2) is 4.49. The van der Waals surface area contributed by atoms with Crippen LogP contribution in [0, 0.1) is 0 Å². The van der Waals surface area contributed by atoms with Crippen LogP contribution in [0.25, 0.3) is 0 Å². The van der Waals surface area contributed by atoms with Gasteiger partial charge in [0.1, 0.15) is 5.69 Å². The quantitative estimate of drug-likeness (QED) is 0.741. The average Bonchev–Trinajstić information content (AvgIpc) is 2.64. The normalized spacial score (nSPS) is 20.9. The van der Waals surface area contributed by atoms with E-state index in [1.807, 2.05) is 7.05 Å². The largest absolute Gasteiger partial charge is 0.399 e. The van der Waals surface area contributed by atoms with Gasteiger partial charge in [0.05, 0.1) is 0 Å². The summed E-state index contributed by atoms with van der Waals surface area (Å²) in [4.78, 5) is 18.0. The molecule has 1 aliphatic rings. The standard InChI is InChI=1S/C11H16N4O/c1-15-5-3-9(7-15)14-11(16)10-6-8(12)2-4-13-10/h2,4,6,9H,3,5,7H2,1H3,(H2,12,13)(H,14,16). The highest BCUT2D eigenvalue weighted by molar-refractivity contribution is 5.93. The predicted octanol–water partition coefficient (Wildman–Crippen LogP) is 0.0977. The summed E-state index contributed by atoms with van der Waals surface area (Å²) in [6.45, 7) is 1.92. The number of anilines is 1. The van der Waals surface area contributed by atoms with Crippen LogP contribution in [0.3, 0.4) is 0 Å². The molecule has 5 heteroatoms. The number of hydrogen-bond donors (Lipinski definition) is 2. The van der Waals surface area contributed by atoms with Gasteiger partial charge >= 0.3 is 0 Å². The minimum atomic E-state index is -0.146. The molecule has 5 nitrogen and oxygen atoms in total. The van der Waals surface area contributed by atoms with Gasteiger partial charge in [0.25, 0.3) is 5.91 Å². The van der Waals surface area contributed by atoms with Crippen molar-refractivity contribution >= 4 is 11.6 Å². The minimum Gasteiger partial charge on any atom is -0.399 e. The molecule has 1 aliphatic heterocycles. The van der Waals surface area contributed by atoms with Crippen LogP contribution in [0.5, 0.6) is 0 Å². The number of rotatable bonds is 2. The molecule has 0 aromatic carbocycles. The summed E-state index contributed by atoms with van der Waals surface area (Å²) < 4.78 is 0. The van der Waals surface area contributed by atoms with Gasteiger partial charge in [-0.25, -0.2) is 0 Å². The molecule has 1 unspecified atom stereocenters. The van der Waals surface area contributed by atoms with Gasteiger partial charge in [0.15, 0.2) is 0 Å². The Balaban J connectivity index is 1.98. The van der Waals surface area contributed by atoms with Crippen LogP contribution in [-0.4, -0.2) is 42.0 Å². The van der Waals surface area contributed by atoms with Crippen molar-refractivity contribution in [1.29, 1.82) is 0 Å². The number of hydrogen-bond acceptors (Lipinski definition) is 4. The summed E-state index contributed by atoms with van der Waals surface area (Å²) in [7, 11) is 2.05. The lowest BCUT2D eigenvalue weighted by Crippen LogP contribution is -2.36. The Morgan fingerprint density at radius 3 is 3.12 bits per heavy atom. The summed E-state index contributed by atoms with van der Waals surface area (Å²) in [6.07, 6.45) is 2.54. The van der Waals surface area contributed by atoms with Gasteiger partial charge in [0.2, 0.25) is 0 Å². The lowest BCUT2D eigenvalue weighted by molar-refractivity contribution is 0.0933. The second-order valence-corrected chi connectivity index (χ2v) is 4.20. The fourth-order valence-electron chi connectivity index (χ4n) is 1.88. The van der Waals surface area contributed by atoms with Crippen molar-refractivity contribution < 1.29 is 4.79 Å². The van der Waals surface area contributed by atoms with Gasteiger partial charge in [-0.1, -0.05) is 0 Å². The number of carbonyl (C=O) groups excluding carboxylic acids is 1. The van der Waals surface area contributed by atoms with E-state index in [4.69, 9.17) is 5.73 Å². The first-order chi connectivity index (χ1) is 7.65. The van der Waals surface area contributed by atoms with Crippen molar-refractivity contribution in [3.63, 3.8) is 0 Å². The molecule has 0 saturated carbocycles. The number of likely N-dealkylation sites (N-methyl/N-ethyl adjacent to an activating group) is 1. The van der Waals surface area contributed by atoms with Crippen molar-refractivity contribution in [2.45, 2.75) is 12.5 Å². The Labute approximate surface area is 94.6 Å². The van der Waals surface area contributed by atoms with Gasteiger partial charge < -0.3 is 16.0 Å². The molecule has 2 heterocycles. The van der Waals surface area contributed by atoms with Crippen LogP contribution in [-0.2, 0) is 0 Å². The van der Waals surface area contributed by atoms with E-state index in [0.29, 0.717) is 11.4 Å². The maximum atomic E-state index is 11.8. The van der Waals surface area contributed by atoms with Gasteiger partial charge in [-0.05, 0) is 32.1 Å². The molecular weight excluding hydrogens is 204 g/mol. The van der Waals surface area contributed by atoms with E-state index in [-0.39, 0.29) is 11.9 Å². The van der Waals surface area contributed by atoms with Gasteiger partial charge in [-0.3, -0.25) is 9.78 Å². The molecule has 2 rings (SSSR count). The molecule has 1 saturated heterocycles. The monoisotopic (exact) mass is 220 g/mol. The Bertz CT molecular complexity index is 393. The molecule has 3 N–H and O–H groups in total. The van der Waals surface area contributed by atoms with E-state index >= 15 is 0 Å². The Hall–Kier alpha value is -1.62. The van der Waals surface area contributed by atoms with Crippen LogP contribution < -0.4 is 11.1 Å². The topological polar surface area (TPSA) is 71.2 Å². The van der Waals surface area contributed by atoms with Gasteiger partial charge in [-0.15, -0.1) is 0 Å². The number of nitrogen functional groups attached to an aromatic ring is 1. The van der Waals surface area contributed by atoms with E-state index in [0.717, 1.165) is 19.5 Å². The smallest absolute Gasteiger partial charge is 0.270 e. The molecule has 1 amide bonds. The summed E-state index contributed by atoms with van der Waals surface area (Å²) in [5.41, 5.74) is 6.54. The average molecular weight is 220 g/mol. The van der Waals surface area contributed by atoms with E-state index < -0.39 is 0 Å². The first-order valence-corrected chi connectivity index (χ1v) is 5.36. The molecule has 0 aliphatic carbocycles. The number of pyridine rings is 1. The van der Waals surface area contributed by atoms with Crippen molar-refractivity contribution in [1.82, 2.24) is 15.2 Å². The van der Waals surface area contributed by atoms with Crippen LogP contribution in [0.4, 0.5) is 5.69 Å². The maximum absolute atomic E-state index is 11.8. The number of nitrogens with two attached hydrogens (primary N) is 1. The zero-order valence-corrected chi connectivity index (χ0v) is 9.31. The maximum Gasteiger partial charge on any atom is 0.270 e. The summed E-state index contributed by atoms with van der Waals surface area (Å²) in [6, 6.07) is 3.48. The Kier molecular flexibility index (Phi) is 3.05. The molecule has 1 aromatic heterocycles. The number of aromatic nitrogens is 1. The van der Waals surface area contributed by atoms with Crippen LogP contribution in [0.2, 0.25) is 0 Å². The number of nitrogens with one attached hydrogen (secondary N) is 1. The molecule has 1 fully saturated rings. The fraction of sp³-hybridized carbons (Fsp3) is 0.455. The molecule has 0 bridgehead atoms. The van der Waals surface area contributed by atoms with Crippen LogP contribution in [0.15, 0.2) is 18.3 Å². The molecule has 1 atom stereocenters. The second-order valence-electron chi connectivity index (χ2n) is 4.20. The highest BCUT2D eigenvalue weighted by Gasteiger charge is 2.21. The number of likely N-dealkylation sites (tertiary alicyclic amines) is 1. The van der Waals surface area contributed by atoms with Crippen molar-refractivity contribution in [3.8, 4) is 0 Å². The lowest BCUT2D eigenvalue weighted by Gasteiger charge is -2.12. The minimum absolute atomic E-state index is 0.146. The molecule has 16 heavy (non-hydrogen) atoms. The molecule has 0 spiro atoms. The third-order valence-electron chi connectivity index (χ3n) is 2.74. The van der Waals surface area contributed by atoms with E-state index in [1.54, 1.807) is 18.3 Å². The first-order valence-electron chi connectivity index (χ1n) is 5.36. The Morgan fingerprint density at radius 2 is 2.50 bits per heavy atom. The van der Waals surface area contributed by atoms with Crippen molar-refractivity contribution in [3.05, 3.63) is 24.0 Å². The third-order valence-corrected chi connectivity index (χ3v) is 2.74. The molecule has 86 valence electrons. The number of carbonyl (C=O) groups is 1. The van der Waals surface area contributed by atoms with E-state index in [9.17, 15) is 4.79 Å². The van der Waals surface area contributed by atoms with Gasteiger partial charge in [0, 0.05) is 24.5 Å². The van der Waals surface area contributed by atoms with Crippen LogP contribution >= 0.6 is 0 Å². The lowest BCUT2D eigenvalue weighted by atomic mass is 10.2. The highest BCUT2D eigenvalue weighted by atomic mass is 16.1. The Morgan fingerprint density at radius 1 is 1.69 bits per heavy atom. The molecular formula is C11H16N4O. The number of amides is 1. The number of nitrogens with zero attached hydrogens (tertiary/aromatic N) is 2.